The Kier molecular flexibility index (Phi) is 8.10. The van der Waals surface area contributed by atoms with E-state index in [1.54, 1.807) is 20.8 Å². The fourth-order valence-corrected chi connectivity index (χ4v) is 6.20. The van der Waals surface area contributed by atoms with Crippen LogP contribution in [0.15, 0.2) is 33.7 Å². The third-order valence-corrected chi connectivity index (χ3v) is 8.55. The van der Waals surface area contributed by atoms with Crippen molar-refractivity contribution in [1.29, 1.82) is 0 Å². The molecule has 4 rings (SSSR count). The van der Waals surface area contributed by atoms with Crippen molar-refractivity contribution in [3.63, 3.8) is 0 Å². The predicted molar refractivity (Wildman–Crippen MR) is 138 cm³/mol. The zero-order valence-corrected chi connectivity index (χ0v) is 22.7. The molecule has 0 amide bonds. The van der Waals surface area contributed by atoms with Crippen LogP contribution in [-0.4, -0.2) is 77.5 Å². The Morgan fingerprint density at radius 2 is 1.84 bits per heavy atom. The summed E-state index contributed by atoms with van der Waals surface area (Å²) in [6.07, 6.45) is 0. The number of hydrogen-bond acceptors (Lipinski definition) is 10. The number of rotatable bonds is 9. The van der Waals surface area contributed by atoms with Gasteiger partial charge in [-0.25, -0.2) is 23.2 Å². The summed E-state index contributed by atoms with van der Waals surface area (Å²) < 4.78 is 38.1. The Balaban J connectivity index is 1.51. The van der Waals surface area contributed by atoms with Gasteiger partial charge in [-0.2, -0.15) is 4.31 Å². The Morgan fingerprint density at radius 1 is 1.14 bits per heavy atom. The summed E-state index contributed by atoms with van der Waals surface area (Å²) in [5, 5.41) is 7.90. The first-order valence-corrected chi connectivity index (χ1v) is 13.9. The first kappa shape index (κ1) is 27.0. The first-order valence-electron chi connectivity index (χ1n) is 12.5. The lowest BCUT2D eigenvalue weighted by atomic mass is 10.0. The van der Waals surface area contributed by atoms with Crippen molar-refractivity contribution in [2.75, 3.05) is 38.1 Å². The van der Waals surface area contributed by atoms with Crippen LogP contribution in [0, 0.1) is 19.8 Å². The van der Waals surface area contributed by atoms with Gasteiger partial charge < -0.3 is 14.6 Å². The van der Waals surface area contributed by atoms with E-state index >= 15 is 0 Å². The Bertz CT molecular complexity index is 1350. The van der Waals surface area contributed by atoms with Crippen LogP contribution in [0.2, 0.25) is 0 Å². The molecule has 200 valence electrons. The third kappa shape index (κ3) is 5.76. The molecule has 1 atom stereocenters. The predicted octanol–water partition coefficient (Wildman–Crippen LogP) is 2.74. The number of esters is 1. The minimum absolute atomic E-state index is 0.0102. The van der Waals surface area contributed by atoms with E-state index in [1.165, 1.54) is 4.31 Å². The van der Waals surface area contributed by atoms with Crippen molar-refractivity contribution >= 4 is 32.7 Å². The number of aromatic nitrogens is 3. The van der Waals surface area contributed by atoms with Gasteiger partial charge in [-0.3, -0.25) is 4.90 Å². The van der Waals surface area contributed by atoms with E-state index in [2.05, 4.69) is 15.4 Å². The quantitative estimate of drug-likeness (QED) is 0.412. The van der Waals surface area contributed by atoms with Gasteiger partial charge in [0.1, 0.15) is 28.3 Å². The minimum Gasteiger partial charge on any atom is -0.464 e. The van der Waals surface area contributed by atoms with E-state index in [9.17, 15) is 13.2 Å². The zero-order chi connectivity index (χ0) is 26.7. The van der Waals surface area contributed by atoms with E-state index in [0.29, 0.717) is 62.4 Å². The Morgan fingerprint density at radius 3 is 2.46 bits per heavy atom. The SMILES string of the molecule is CCOC(=O)[C@@H](Nc1nc(CN2CCN(S(=O)(=O)c3c(C)noc3C)CC2)nc2ccccc12)C(C)C. The molecule has 0 aliphatic carbocycles. The molecule has 1 aliphatic rings. The van der Waals surface area contributed by atoms with Crippen molar-refractivity contribution in [3.05, 3.63) is 41.5 Å². The summed E-state index contributed by atoms with van der Waals surface area (Å²) in [5.41, 5.74) is 1.13. The van der Waals surface area contributed by atoms with Gasteiger partial charge in [0, 0.05) is 31.6 Å². The van der Waals surface area contributed by atoms with Crippen LogP contribution in [-0.2, 0) is 26.1 Å². The molecule has 3 aromatic rings. The summed E-state index contributed by atoms with van der Waals surface area (Å²) in [6.45, 7) is 11.4. The van der Waals surface area contributed by atoms with E-state index in [0.717, 1.165) is 10.9 Å². The number of aryl methyl sites for hydroxylation is 2. The summed E-state index contributed by atoms with van der Waals surface area (Å²) in [4.78, 5) is 24.3. The topological polar surface area (TPSA) is 131 Å². The number of carbonyl (C=O) groups excluding carboxylic acids is 1. The van der Waals surface area contributed by atoms with Gasteiger partial charge in [0.15, 0.2) is 5.76 Å². The number of nitrogens with one attached hydrogen (secondary N) is 1. The molecule has 0 bridgehead atoms. The van der Waals surface area contributed by atoms with Gasteiger partial charge in [-0.05, 0) is 38.8 Å². The molecule has 11 nitrogen and oxygen atoms in total. The Hall–Kier alpha value is -3.09. The maximum absolute atomic E-state index is 13.1. The third-order valence-electron chi connectivity index (χ3n) is 6.41. The maximum atomic E-state index is 13.1. The van der Waals surface area contributed by atoms with E-state index in [1.807, 2.05) is 38.1 Å². The average Bonchev–Trinajstić information content (AvgIpc) is 3.21. The lowest BCUT2D eigenvalue weighted by Crippen LogP contribution is -2.48. The molecule has 0 unspecified atom stereocenters. The van der Waals surface area contributed by atoms with E-state index in [4.69, 9.17) is 19.2 Å². The standard InChI is InChI=1S/C25H34N6O5S/c1-6-35-25(32)22(16(2)3)28-24-19-9-7-8-10-20(19)26-21(27-24)15-30-11-13-31(14-12-30)37(33,34)23-17(4)29-36-18(23)5/h7-10,16,22H,6,11-15H2,1-5H3,(H,26,27,28)/t22-/m0/s1. The van der Waals surface area contributed by atoms with Gasteiger partial charge in [0.25, 0.3) is 0 Å². The normalized spacial score (nSPS) is 16.3. The van der Waals surface area contributed by atoms with Crippen LogP contribution < -0.4 is 5.32 Å². The molecular weight excluding hydrogens is 496 g/mol. The fourth-order valence-electron chi connectivity index (χ4n) is 4.48. The summed E-state index contributed by atoms with van der Waals surface area (Å²) >= 11 is 0. The number of benzene rings is 1. The van der Waals surface area contributed by atoms with Gasteiger partial charge in [0.05, 0.1) is 18.7 Å². The minimum atomic E-state index is -3.68. The molecule has 0 spiro atoms. The van der Waals surface area contributed by atoms with Crippen LogP contribution in [0.4, 0.5) is 5.82 Å². The van der Waals surface area contributed by atoms with Crippen molar-refractivity contribution in [3.8, 4) is 0 Å². The second-order valence-electron chi connectivity index (χ2n) is 9.46. The van der Waals surface area contributed by atoms with Crippen LogP contribution in [0.1, 0.15) is 38.0 Å². The van der Waals surface area contributed by atoms with Gasteiger partial charge >= 0.3 is 5.97 Å². The molecule has 12 heteroatoms. The number of hydrogen-bond donors (Lipinski definition) is 1. The van der Waals surface area contributed by atoms with Gasteiger partial charge in [-0.1, -0.05) is 31.1 Å². The number of carbonyl (C=O) groups is 1. The monoisotopic (exact) mass is 530 g/mol. The molecule has 0 radical (unpaired) electrons. The smallest absolute Gasteiger partial charge is 0.328 e. The van der Waals surface area contributed by atoms with Crippen LogP contribution >= 0.6 is 0 Å². The average molecular weight is 531 g/mol. The van der Waals surface area contributed by atoms with Crippen molar-refractivity contribution in [2.45, 2.75) is 52.1 Å². The number of anilines is 1. The lowest BCUT2D eigenvalue weighted by Gasteiger charge is -2.33. The highest BCUT2D eigenvalue weighted by Crippen LogP contribution is 2.26. The van der Waals surface area contributed by atoms with Crippen LogP contribution in [0.3, 0.4) is 0 Å². The second kappa shape index (κ2) is 11.1. The highest BCUT2D eigenvalue weighted by Gasteiger charge is 2.33. The highest BCUT2D eigenvalue weighted by atomic mass is 32.2. The number of sulfonamides is 1. The molecule has 1 N–H and O–H groups in total. The largest absolute Gasteiger partial charge is 0.464 e. The van der Waals surface area contributed by atoms with Gasteiger partial charge in [-0.15, -0.1) is 0 Å². The zero-order valence-electron chi connectivity index (χ0n) is 21.9. The van der Waals surface area contributed by atoms with Crippen molar-refractivity contribution < 1.29 is 22.5 Å². The summed E-state index contributed by atoms with van der Waals surface area (Å²) in [5.74, 6) is 1.13. The fraction of sp³-hybridized carbons (Fsp3) is 0.520. The van der Waals surface area contributed by atoms with Crippen molar-refractivity contribution in [2.24, 2.45) is 5.92 Å². The molecule has 3 heterocycles. The number of nitrogens with zero attached hydrogens (tertiary/aromatic N) is 5. The van der Waals surface area contributed by atoms with E-state index in [-0.39, 0.29) is 16.8 Å². The summed E-state index contributed by atoms with van der Waals surface area (Å²) in [6, 6.07) is 7.09. The summed E-state index contributed by atoms with van der Waals surface area (Å²) in [7, 11) is -3.68. The van der Waals surface area contributed by atoms with Crippen molar-refractivity contribution in [1.82, 2.24) is 24.3 Å². The van der Waals surface area contributed by atoms with Crippen LogP contribution in [0.5, 0.6) is 0 Å². The molecule has 1 fully saturated rings. The molecule has 1 aromatic carbocycles. The van der Waals surface area contributed by atoms with Gasteiger partial charge in [0.2, 0.25) is 10.0 Å². The molecule has 1 saturated heterocycles. The molecule has 0 saturated carbocycles. The lowest BCUT2D eigenvalue weighted by molar-refractivity contribution is -0.145. The molecule has 2 aromatic heterocycles. The number of ether oxygens (including phenoxy) is 1. The molecule has 1 aliphatic heterocycles. The van der Waals surface area contributed by atoms with E-state index < -0.39 is 16.1 Å². The maximum Gasteiger partial charge on any atom is 0.328 e. The Labute approximate surface area is 217 Å². The highest BCUT2D eigenvalue weighted by molar-refractivity contribution is 7.89. The number of para-hydroxylation sites is 1. The second-order valence-corrected chi connectivity index (χ2v) is 11.3. The molecule has 37 heavy (non-hydrogen) atoms. The number of fused-ring (bicyclic) bond motifs is 1. The van der Waals surface area contributed by atoms with Crippen LogP contribution in [0.25, 0.3) is 10.9 Å². The molecular formula is C25H34N6O5S. The first-order chi connectivity index (χ1) is 17.6. The number of piperazine rings is 1.